The molecule has 0 aromatic heterocycles. The monoisotopic (exact) mass is 729 g/mol. The van der Waals surface area contributed by atoms with E-state index in [4.69, 9.17) is 37.7 Å². The number of guanidine groups is 1. The minimum absolute atomic E-state index is 0. The lowest BCUT2D eigenvalue weighted by Gasteiger charge is -2.38. The number of nitro benzene ring substituents is 1. The number of benzene rings is 3. The molecule has 9 nitrogen and oxygen atoms in total. The smallest absolute Gasteiger partial charge is 0.311 e. The van der Waals surface area contributed by atoms with Crippen LogP contribution in [-0.4, -0.2) is 67.1 Å². The molecule has 0 bridgehead atoms. The lowest BCUT2D eigenvalue weighted by Crippen LogP contribution is -2.52. The number of anilines is 1. The van der Waals surface area contributed by atoms with Crippen LogP contribution in [0, 0.1) is 15.9 Å². The van der Waals surface area contributed by atoms with Gasteiger partial charge >= 0.3 is 5.69 Å². The normalized spacial score (nSPS) is 13.3. The lowest BCUT2D eigenvalue weighted by atomic mass is 10.2. The van der Waals surface area contributed by atoms with E-state index < -0.39 is 10.7 Å². The molecule has 1 aliphatic heterocycles. The molecule has 0 atom stereocenters. The third-order valence-corrected chi connectivity index (χ3v) is 7.96. The molecule has 3 aromatic carbocycles. The maximum atomic E-state index is 13.7. The van der Waals surface area contributed by atoms with Crippen LogP contribution < -0.4 is 19.7 Å². The van der Waals surface area contributed by atoms with Gasteiger partial charge in [0.25, 0.3) is 0 Å². The summed E-state index contributed by atoms with van der Waals surface area (Å²) < 4.78 is 25.2. The Bertz CT molecular complexity index is 1450. The molecule has 0 amide bonds. The van der Waals surface area contributed by atoms with Gasteiger partial charge in [-0.05, 0) is 55.7 Å². The molecular weight excluding hydrogens is 696 g/mol. The average Bonchev–Trinajstić information content (AvgIpc) is 2.99. The molecule has 0 saturated carbocycles. The van der Waals surface area contributed by atoms with E-state index in [1.165, 1.54) is 24.3 Å². The second kappa shape index (κ2) is 17.5. The SMILES string of the molecule is Br.CCOc1cc(N2CCN(C(=NCc3ccc(Cl)cc3Oc3ccc(F)c(Cl)c3)NCCCSC)CC2)ccc1[N+](=O)[O-]. The number of nitro groups is 1. The molecule has 1 saturated heterocycles. The van der Waals surface area contributed by atoms with Gasteiger partial charge in [0.15, 0.2) is 11.7 Å². The highest BCUT2D eigenvalue weighted by atomic mass is 79.9. The molecule has 0 spiro atoms. The highest BCUT2D eigenvalue weighted by molar-refractivity contribution is 8.93. The minimum Gasteiger partial charge on any atom is -0.487 e. The molecule has 3 aromatic rings. The van der Waals surface area contributed by atoms with Crippen molar-refractivity contribution in [1.82, 2.24) is 10.2 Å². The Kier molecular flexibility index (Phi) is 14.2. The van der Waals surface area contributed by atoms with Gasteiger partial charge in [-0.2, -0.15) is 11.8 Å². The quantitative estimate of drug-likeness (QED) is 0.0663. The molecule has 44 heavy (non-hydrogen) atoms. The Balaban J connectivity index is 0.00000529. The number of thioether (sulfide) groups is 1. The maximum absolute atomic E-state index is 13.7. The van der Waals surface area contributed by atoms with E-state index in [-0.39, 0.29) is 33.4 Å². The first-order chi connectivity index (χ1) is 20.8. The van der Waals surface area contributed by atoms with Crippen molar-refractivity contribution in [3.05, 3.63) is 86.1 Å². The van der Waals surface area contributed by atoms with Gasteiger partial charge in [0.05, 0.1) is 23.1 Å². The van der Waals surface area contributed by atoms with Gasteiger partial charge in [-0.25, -0.2) is 9.38 Å². The zero-order valence-corrected chi connectivity index (χ0v) is 28.5. The third-order valence-electron chi connectivity index (χ3n) is 6.74. The Morgan fingerprint density at radius 2 is 1.86 bits per heavy atom. The molecule has 4 rings (SSSR count). The molecule has 238 valence electrons. The van der Waals surface area contributed by atoms with E-state index in [2.05, 4.69) is 21.4 Å². The summed E-state index contributed by atoms with van der Waals surface area (Å²) in [4.78, 5) is 20.3. The number of nitrogens with zero attached hydrogens (tertiary/aromatic N) is 4. The van der Waals surface area contributed by atoms with Crippen molar-refractivity contribution in [3.8, 4) is 17.2 Å². The van der Waals surface area contributed by atoms with Crippen molar-refractivity contribution in [2.24, 2.45) is 4.99 Å². The van der Waals surface area contributed by atoms with Crippen molar-refractivity contribution in [2.45, 2.75) is 19.9 Å². The van der Waals surface area contributed by atoms with Crippen LogP contribution in [0.1, 0.15) is 18.9 Å². The standard InChI is InChI=1S/C30H34Cl2FN5O4S.BrH/c1-3-41-29-18-23(7-10-27(29)38(39)40)36-12-14-37(15-13-36)30(34-11-4-16-43-2)35-20-21-5-6-22(31)17-28(21)42-24-8-9-26(33)25(32)19-24;/h5-10,17-19H,3-4,11-16,20H2,1-2H3,(H,34,35);1H. The topological polar surface area (TPSA) is 92.5 Å². The summed E-state index contributed by atoms with van der Waals surface area (Å²) in [6.45, 7) is 6.06. The minimum atomic E-state index is -0.523. The summed E-state index contributed by atoms with van der Waals surface area (Å²) in [7, 11) is 0. The largest absolute Gasteiger partial charge is 0.487 e. The molecule has 1 aliphatic rings. The first-order valence-corrected chi connectivity index (χ1v) is 16.0. The number of rotatable bonds is 12. The molecule has 1 N–H and O–H groups in total. The highest BCUT2D eigenvalue weighted by Crippen LogP contribution is 2.33. The molecule has 0 radical (unpaired) electrons. The van der Waals surface area contributed by atoms with Gasteiger partial charge in [0.1, 0.15) is 17.3 Å². The highest BCUT2D eigenvalue weighted by Gasteiger charge is 2.23. The second-order valence-corrected chi connectivity index (χ2v) is 11.5. The Labute approximate surface area is 281 Å². The summed E-state index contributed by atoms with van der Waals surface area (Å²) in [5.74, 6) is 2.47. The zero-order valence-electron chi connectivity index (χ0n) is 24.4. The summed E-state index contributed by atoms with van der Waals surface area (Å²) in [6.07, 6.45) is 3.07. The summed E-state index contributed by atoms with van der Waals surface area (Å²) in [6, 6.07) is 14.5. The number of nitrogens with one attached hydrogen (secondary N) is 1. The van der Waals surface area contributed by atoms with Crippen LogP contribution >= 0.6 is 51.9 Å². The second-order valence-electron chi connectivity index (χ2n) is 9.66. The number of hydrogen-bond acceptors (Lipinski definition) is 7. The van der Waals surface area contributed by atoms with E-state index in [0.717, 1.165) is 35.9 Å². The predicted molar refractivity (Wildman–Crippen MR) is 183 cm³/mol. The predicted octanol–water partition coefficient (Wildman–Crippen LogP) is 7.83. The number of piperazine rings is 1. The fourth-order valence-electron chi connectivity index (χ4n) is 4.56. The van der Waals surface area contributed by atoms with E-state index in [1.807, 2.05) is 6.07 Å². The molecule has 1 fully saturated rings. The zero-order chi connectivity index (χ0) is 30.8. The van der Waals surface area contributed by atoms with Crippen molar-refractivity contribution in [3.63, 3.8) is 0 Å². The van der Waals surface area contributed by atoms with Crippen LogP contribution in [-0.2, 0) is 6.54 Å². The van der Waals surface area contributed by atoms with Gasteiger partial charge in [-0.15, -0.1) is 17.0 Å². The molecule has 0 unspecified atom stereocenters. The van der Waals surface area contributed by atoms with Crippen LogP contribution in [0.5, 0.6) is 17.2 Å². The lowest BCUT2D eigenvalue weighted by molar-refractivity contribution is -0.385. The van der Waals surface area contributed by atoms with Crippen LogP contribution in [0.4, 0.5) is 15.8 Å². The Morgan fingerprint density at radius 1 is 1.09 bits per heavy atom. The summed E-state index contributed by atoms with van der Waals surface area (Å²) >= 11 is 14.0. The van der Waals surface area contributed by atoms with E-state index in [0.29, 0.717) is 55.9 Å². The van der Waals surface area contributed by atoms with E-state index in [1.54, 1.807) is 43.0 Å². The van der Waals surface area contributed by atoms with Gasteiger partial charge in [-0.3, -0.25) is 10.1 Å². The van der Waals surface area contributed by atoms with Gasteiger partial charge in [-0.1, -0.05) is 29.3 Å². The molecule has 14 heteroatoms. The first kappa shape index (κ1) is 35.5. The first-order valence-electron chi connectivity index (χ1n) is 13.9. The van der Waals surface area contributed by atoms with Crippen LogP contribution in [0.3, 0.4) is 0 Å². The van der Waals surface area contributed by atoms with Crippen molar-refractivity contribution >= 4 is 69.3 Å². The molecule has 1 heterocycles. The summed E-state index contributed by atoms with van der Waals surface area (Å²) in [5, 5.41) is 15.4. The fraction of sp³-hybridized carbons (Fsp3) is 0.367. The number of ether oxygens (including phenoxy) is 2. The maximum Gasteiger partial charge on any atom is 0.311 e. The van der Waals surface area contributed by atoms with E-state index >= 15 is 0 Å². The number of hydrogen-bond donors (Lipinski definition) is 1. The third kappa shape index (κ3) is 9.79. The number of aliphatic imine (C=N–C) groups is 1. The average molecular weight is 732 g/mol. The van der Waals surface area contributed by atoms with Crippen LogP contribution in [0.2, 0.25) is 10.0 Å². The Morgan fingerprint density at radius 3 is 2.55 bits per heavy atom. The van der Waals surface area contributed by atoms with Crippen molar-refractivity contribution in [2.75, 3.05) is 56.2 Å². The summed E-state index contributed by atoms with van der Waals surface area (Å²) in [5.41, 5.74) is 1.64. The number of halogens is 4. The molecular formula is C30H35BrCl2FN5O4S. The van der Waals surface area contributed by atoms with E-state index in [9.17, 15) is 14.5 Å². The Hall–Kier alpha value is -2.93. The van der Waals surface area contributed by atoms with Crippen molar-refractivity contribution < 1.29 is 18.8 Å². The van der Waals surface area contributed by atoms with Gasteiger partial charge in [0, 0.05) is 67.2 Å². The van der Waals surface area contributed by atoms with Crippen molar-refractivity contribution in [1.29, 1.82) is 0 Å². The fourth-order valence-corrected chi connectivity index (χ4v) is 5.33. The van der Waals surface area contributed by atoms with Gasteiger partial charge < -0.3 is 24.6 Å². The molecule has 0 aliphatic carbocycles. The van der Waals surface area contributed by atoms with Crippen LogP contribution in [0.25, 0.3) is 0 Å². The van der Waals surface area contributed by atoms with Gasteiger partial charge in [0.2, 0.25) is 0 Å². The van der Waals surface area contributed by atoms with Crippen LogP contribution in [0.15, 0.2) is 59.6 Å².